The summed E-state index contributed by atoms with van der Waals surface area (Å²) in [6, 6.07) is 1.72. The molecule has 1 aromatic heterocycles. The van der Waals surface area contributed by atoms with Gasteiger partial charge in [-0.2, -0.15) is 5.26 Å². The molecule has 0 aliphatic rings. The van der Waals surface area contributed by atoms with Crippen LogP contribution in [0.15, 0.2) is 10.7 Å². The molecule has 0 bridgehead atoms. The fourth-order valence-electron chi connectivity index (χ4n) is 0.874. The van der Waals surface area contributed by atoms with Crippen molar-refractivity contribution < 1.29 is 8.78 Å². The Balaban J connectivity index is 3.41. The number of hydrogen-bond donors (Lipinski definition) is 0. The molecule has 0 amide bonds. The van der Waals surface area contributed by atoms with Crippen LogP contribution in [-0.2, 0) is 0 Å². The summed E-state index contributed by atoms with van der Waals surface area (Å²) in [5.41, 5.74) is 0.156. The first-order valence-corrected chi connectivity index (χ1v) is 4.20. The average Bonchev–Trinajstić information content (AvgIpc) is 2.09. The minimum Gasteiger partial charge on any atom is -0.260 e. The van der Waals surface area contributed by atoms with Crippen molar-refractivity contribution in [3.05, 3.63) is 27.5 Å². The number of alkyl halides is 2. The number of aromatic nitrogens is 1. The molecule has 13 heavy (non-hydrogen) atoms. The monoisotopic (exact) mass is 246 g/mol. The number of aryl methyl sites for hydroxylation is 1. The fourth-order valence-corrected chi connectivity index (χ4v) is 1.29. The van der Waals surface area contributed by atoms with Gasteiger partial charge < -0.3 is 0 Å². The highest BCUT2D eigenvalue weighted by atomic mass is 79.9. The molecule has 68 valence electrons. The maximum absolute atomic E-state index is 12.3. The Labute approximate surface area is 82.3 Å². The smallest absolute Gasteiger partial charge is 0.260 e. The van der Waals surface area contributed by atoms with Gasteiger partial charge in [0.05, 0.1) is 21.3 Å². The standard InChI is InChI=1S/C8H5BrF2N2/c1-4-7(9)5(2-12)6(3-13-4)8(10)11/h3,8H,1H3. The van der Waals surface area contributed by atoms with E-state index >= 15 is 0 Å². The van der Waals surface area contributed by atoms with E-state index in [1.807, 2.05) is 0 Å². The van der Waals surface area contributed by atoms with Gasteiger partial charge in [-0.15, -0.1) is 0 Å². The summed E-state index contributed by atoms with van der Waals surface area (Å²) >= 11 is 3.04. The number of pyridine rings is 1. The highest BCUT2D eigenvalue weighted by Crippen LogP contribution is 2.28. The second-order valence-corrected chi connectivity index (χ2v) is 3.19. The number of halogens is 3. The lowest BCUT2D eigenvalue weighted by Crippen LogP contribution is -1.96. The Morgan fingerprint density at radius 2 is 2.23 bits per heavy atom. The van der Waals surface area contributed by atoms with E-state index in [9.17, 15) is 8.78 Å². The summed E-state index contributed by atoms with van der Waals surface area (Å²) in [5.74, 6) is 0. The van der Waals surface area contributed by atoms with Gasteiger partial charge in [-0.3, -0.25) is 4.98 Å². The van der Waals surface area contributed by atoms with Gasteiger partial charge in [0.1, 0.15) is 6.07 Å². The first-order valence-electron chi connectivity index (χ1n) is 3.41. The second kappa shape index (κ2) is 3.79. The van der Waals surface area contributed by atoms with Gasteiger partial charge in [0.2, 0.25) is 0 Å². The fraction of sp³-hybridized carbons (Fsp3) is 0.250. The first-order chi connectivity index (χ1) is 6.07. The molecule has 0 saturated carbocycles. The lowest BCUT2D eigenvalue weighted by Gasteiger charge is -2.05. The van der Waals surface area contributed by atoms with E-state index < -0.39 is 6.43 Å². The summed E-state index contributed by atoms with van der Waals surface area (Å²) < 4.78 is 25.0. The van der Waals surface area contributed by atoms with Crippen molar-refractivity contribution in [3.63, 3.8) is 0 Å². The van der Waals surface area contributed by atoms with E-state index in [4.69, 9.17) is 5.26 Å². The van der Waals surface area contributed by atoms with Crippen LogP contribution in [0, 0.1) is 18.3 Å². The van der Waals surface area contributed by atoms with Crippen LogP contribution in [0.3, 0.4) is 0 Å². The van der Waals surface area contributed by atoms with Crippen molar-refractivity contribution in [2.45, 2.75) is 13.3 Å². The molecule has 0 aromatic carbocycles. The maximum atomic E-state index is 12.3. The third-order valence-corrected chi connectivity index (χ3v) is 2.54. The molecule has 0 aliphatic heterocycles. The molecule has 5 heteroatoms. The lowest BCUT2D eigenvalue weighted by atomic mass is 10.1. The molecule has 0 fully saturated rings. The Bertz CT molecular complexity index is 371. The average molecular weight is 247 g/mol. The van der Waals surface area contributed by atoms with Crippen LogP contribution >= 0.6 is 15.9 Å². The molecule has 0 aliphatic carbocycles. The van der Waals surface area contributed by atoms with Crippen LogP contribution in [0.4, 0.5) is 8.78 Å². The van der Waals surface area contributed by atoms with E-state index in [-0.39, 0.29) is 11.1 Å². The van der Waals surface area contributed by atoms with E-state index in [1.165, 1.54) is 0 Å². The second-order valence-electron chi connectivity index (χ2n) is 2.40. The third kappa shape index (κ3) is 1.83. The van der Waals surface area contributed by atoms with E-state index in [2.05, 4.69) is 20.9 Å². The summed E-state index contributed by atoms with van der Waals surface area (Å²) in [7, 11) is 0. The number of rotatable bonds is 1. The minimum absolute atomic E-state index is 0.0394. The molecule has 0 saturated heterocycles. The molecule has 0 atom stereocenters. The SMILES string of the molecule is Cc1ncc(C(F)F)c(C#N)c1Br. The number of hydrogen-bond acceptors (Lipinski definition) is 2. The molecule has 0 spiro atoms. The van der Waals surface area contributed by atoms with Gasteiger partial charge >= 0.3 is 0 Å². The summed E-state index contributed by atoms with van der Waals surface area (Å²) in [6.45, 7) is 1.64. The number of nitriles is 1. The van der Waals surface area contributed by atoms with Crippen molar-refractivity contribution >= 4 is 15.9 Å². The van der Waals surface area contributed by atoms with Crippen LogP contribution in [0.25, 0.3) is 0 Å². The van der Waals surface area contributed by atoms with Crippen LogP contribution in [0.2, 0.25) is 0 Å². The molecule has 2 nitrogen and oxygen atoms in total. The van der Waals surface area contributed by atoms with E-state index in [0.717, 1.165) is 6.20 Å². The minimum atomic E-state index is -2.67. The largest absolute Gasteiger partial charge is 0.266 e. The Morgan fingerprint density at radius 3 is 2.69 bits per heavy atom. The van der Waals surface area contributed by atoms with Crippen LogP contribution in [-0.4, -0.2) is 4.98 Å². The molecular formula is C8H5BrF2N2. The number of nitrogens with zero attached hydrogens (tertiary/aromatic N) is 2. The van der Waals surface area contributed by atoms with Gasteiger partial charge in [0, 0.05) is 6.20 Å². The first kappa shape index (κ1) is 10.1. The molecule has 0 unspecified atom stereocenters. The highest BCUT2D eigenvalue weighted by Gasteiger charge is 2.17. The molecule has 0 N–H and O–H groups in total. The Kier molecular flexibility index (Phi) is 2.94. The van der Waals surface area contributed by atoms with Gasteiger partial charge in [0.25, 0.3) is 6.43 Å². The molecular weight excluding hydrogens is 242 g/mol. The zero-order valence-corrected chi connectivity index (χ0v) is 8.27. The topological polar surface area (TPSA) is 36.7 Å². The Morgan fingerprint density at radius 1 is 1.62 bits per heavy atom. The van der Waals surface area contributed by atoms with Crippen molar-refractivity contribution in [2.75, 3.05) is 0 Å². The van der Waals surface area contributed by atoms with Crippen LogP contribution in [0.5, 0.6) is 0 Å². The molecule has 1 heterocycles. The van der Waals surface area contributed by atoms with Crippen molar-refractivity contribution in [1.82, 2.24) is 4.98 Å². The van der Waals surface area contributed by atoms with Crippen molar-refractivity contribution in [1.29, 1.82) is 5.26 Å². The maximum Gasteiger partial charge on any atom is 0.266 e. The Hall–Kier alpha value is -1.02. The molecule has 0 radical (unpaired) electrons. The zero-order chi connectivity index (χ0) is 10.0. The van der Waals surface area contributed by atoms with E-state index in [1.54, 1.807) is 13.0 Å². The zero-order valence-electron chi connectivity index (χ0n) is 6.68. The van der Waals surface area contributed by atoms with Crippen LogP contribution < -0.4 is 0 Å². The lowest BCUT2D eigenvalue weighted by molar-refractivity contribution is 0.150. The van der Waals surface area contributed by atoms with Gasteiger partial charge in [-0.1, -0.05) is 0 Å². The summed E-state index contributed by atoms with van der Waals surface area (Å²) in [5, 5.41) is 8.63. The predicted octanol–water partition coefficient (Wildman–Crippen LogP) is 2.96. The quantitative estimate of drug-likeness (QED) is 0.764. The molecule has 1 aromatic rings. The molecule has 1 rings (SSSR count). The van der Waals surface area contributed by atoms with Crippen molar-refractivity contribution in [3.8, 4) is 6.07 Å². The normalized spacial score (nSPS) is 10.2. The summed E-state index contributed by atoms with van der Waals surface area (Å²) in [4.78, 5) is 3.73. The van der Waals surface area contributed by atoms with Gasteiger partial charge in [0.15, 0.2) is 0 Å². The predicted molar refractivity (Wildman–Crippen MR) is 46.3 cm³/mol. The highest BCUT2D eigenvalue weighted by molar-refractivity contribution is 9.10. The van der Waals surface area contributed by atoms with Gasteiger partial charge in [-0.25, -0.2) is 8.78 Å². The van der Waals surface area contributed by atoms with E-state index in [0.29, 0.717) is 10.2 Å². The third-order valence-electron chi connectivity index (χ3n) is 1.57. The van der Waals surface area contributed by atoms with Crippen LogP contribution in [0.1, 0.15) is 23.2 Å². The van der Waals surface area contributed by atoms with Crippen molar-refractivity contribution in [2.24, 2.45) is 0 Å². The van der Waals surface area contributed by atoms with Gasteiger partial charge in [-0.05, 0) is 22.9 Å². The summed E-state index contributed by atoms with van der Waals surface area (Å²) in [6.07, 6.45) is -1.64.